The predicted octanol–water partition coefficient (Wildman–Crippen LogP) is 1.07. The van der Waals surface area contributed by atoms with E-state index in [0.29, 0.717) is 6.20 Å². The number of carboxylic acids is 1. The van der Waals surface area contributed by atoms with Gasteiger partial charge in [0.25, 0.3) is 0 Å². The highest BCUT2D eigenvalue weighted by atomic mass is 19.2. The molecule has 0 saturated heterocycles. The molecule has 0 atom stereocenters. The van der Waals surface area contributed by atoms with Gasteiger partial charge in [-0.15, -0.1) is 0 Å². The second-order valence-corrected chi connectivity index (χ2v) is 2.82. The molecular weight excluding hydrogens is 220 g/mol. The Morgan fingerprint density at radius 3 is 2.44 bits per heavy atom. The number of rotatable bonds is 3. The molecule has 0 aliphatic rings. The van der Waals surface area contributed by atoms with Crippen molar-refractivity contribution in [3.8, 4) is 0 Å². The molecule has 1 rings (SSSR count). The molecule has 3 N–H and O–H groups in total. The third-order valence-electron chi connectivity index (χ3n) is 1.84. The lowest BCUT2D eigenvalue weighted by Gasteiger charge is -2.03. The molecule has 0 amide bonds. The number of benzene rings is 1. The second-order valence-electron chi connectivity index (χ2n) is 2.82. The molecule has 6 heteroatoms. The normalized spacial score (nSPS) is 11.2. The molecule has 0 heterocycles. The third-order valence-corrected chi connectivity index (χ3v) is 1.84. The highest BCUT2D eigenvalue weighted by Gasteiger charge is 2.22. The molecule has 1 aromatic carbocycles. The van der Waals surface area contributed by atoms with Gasteiger partial charge in [-0.1, -0.05) is 6.07 Å². The standard InChI is InChI=1S/C10H7F2NO3/c11-7-3-1-2-5(8(7)12)9(14)6(4-13)10(15)16/h1-4H,13H2,(H,15,16)/b6-4-. The first-order valence-electron chi connectivity index (χ1n) is 4.13. The van der Waals surface area contributed by atoms with Crippen LogP contribution in [0.3, 0.4) is 0 Å². The molecule has 0 aliphatic carbocycles. The van der Waals surface area contributed by atoms with E-state index in [-0.39, 0.29) is 0 Å². The minimum absolute atomic E-state index is 0.537. The molecular formula is C10H7F2NO3. The van der Waals surface area contributed by atoms with Crippen LogP contribution in [-0.4, -0.2) is 16.9 Å². The van der Waals surface area contributed by atoms with Crippen molar-refractivity contribution in [3.05, 3.63) is 47.2 Å². The minimum atomic E-state index is -1.60. The average molecular weight is 227 g/mol. The van der Waals surface area contributed by atoms with Crippen molar-refractivity contribution in [1.82, 2.24) is 0 Å². The lowest BCUT2D eigenvalue weighted by Crippen LogP contribution is -2.16. The van der Waals surface area contributed by atoms with Crippen LogP contribution in [0.15, 0.2) is 30.0 Å². The molecule has 16 heavy (non-hydrogen) atoms. The van der Waals surface area contributed by atoms with Crippen molar-refractivity contribution in [2.75, 3.05) is 0 Å². The minimum Gasteiger partial charge on any atom is -0.477 e. The molecule has 84 valence electrons. The number of carbonyl (C=O) groups excluding carboxylic acids is 1. The monoisotopic (exact) mass is 227 g/mol. The third kappa shape index (κ3) is 2.05. The van der Waals surface area contributed by atoms with Gasteiger partial charge in [-0.3, -0.25) is 4.79 Å². The Labute approximate surface area is 89.0 Å². The fraction of sp³-hybridized carbons (Fsp3) is 0. The zero-order chi connectivity index (χ0) is 12.3. The van der Waals surface area contributed by atoms with Gasteiger partial charge in [0.2, 0.25) is 5.78 Å². The Morgan fingerprint density at radius 1 is 1.31 bits per heavy atom. The van der Waals surface area contributed by atoms with Crippen molar-refractivity contribution < 1.29 is 23.5 Å². The summed E-state index contributed by atoms with van der Waals surface area (Å²) in [5, 5.41) is 8.58. The molecule has 0 aliphatic heterocycles. The quantitative estimate of drug-likeness (QED) is 0.350. The SMILES string of the molecule is N/C=C(\C(=O)O)C(=O)c1cccc(F)c1F. The molecule has 0 aromatic heterocycles. The molecule has 0 radical (unpaired) electrons. The van der Waals surface area contributed by atoms with Crippen LogP contribution in [0.5, 0.6) is 0 Å². The van der Waals surface area contributed by atoms with Crippen LogP contribution in [0.1, 0.15) is 10.4 Å². The van der Waals surface area contributed by atoms with E-state index in [1.165, 1.54) is 0 Å². The predicted molar refractivity (Wildman–Crippen MR) is 50.6 cm³/mol. The van der Waals surface area contributed by atoms with Crippen molar-refractivity contribution in [1.29, 1.82) is 0 Å². The van der Waals surface area contributed by atoms with Gasteiger partial charge in [0.15, 0.2) is 11.6 Å². The van der Waals surface area contributed by atoms with Crippen LogP contribution >= 0.6 is 0 Å². The van der Waals surface area contributed by atoms with E-state index in [1.54, 1.807) is 0 Å². The van der Waals surface area contributed by atoms with Crippen LogP contribution in [0.4, 0.5) is 8.78 Å². The number of hydrogen-bond acceptors (Lipinski definition) is 3. The van der Waals surface area contributed by atoms with E-state index >= 15 is 0 Å². The number of carbonyl (C=O) groups is 2. The van der Waals surface area contributed by atoms with Gasteiger partial charge >= 0.3 is 5.97 Å². The molecule has 1 aromatic rings. The number of halogens is 2. The summed E-state index contributed by atoms with van der Waals surface area (Å²) >= 11 is 0. The second kappa shape index (κ2) is 4.52. The molecule has 0 unspecified atom stereocenters. The topological polar surface area (TPSA) is 80.4 Å². The van der Waals surface area contributed by atoms with Gasteiger partial charge < -0.3 is 10.8 Å². The van der Waals surface area contributed by atoms with Gasteiger partial charge in [0, 0.05) is 6.20 Å². The van der Waals surface area contributed by atoms with Gasteiger partial charge in [0.05, 0.1) is 5.56 Å². The van der Waals surface area contributed by atoms with E-state index in [0.717, 1.165) is 18.2 Å². The van der Waals surface area contributed by atoms with Gasteiger partial charge in [-0.25, -0.2) is 13.6 Å². The first kappa shape index (κ1) is 11.8. The summed E-state index contributed by atoms with van der Waals surface area (Å²) in [5.41, 5.74) is 3.44. The van der Waals surface area contributed by atoms with Crippen LogP contribution in [0.2, 0.25) is 0 Å². The molecule has 0 saturated carbocycles. The fourth-order valence-electron chi connectivity index (χ4n) is 1.07. The molecule has 0 bridgehead atoms. The van der Waals surface area contributed by atoms with Crippen LogP contribution in [0.25, 0.3) is 0 Å². The van der Waals surface area contributed by atoms with Crippen molar-refractivity contribution in [3.63, 3.8) is 0 Å². The molecule has 0 fully saturated rings. The number of aliphatic carboxylic acids is 1. The van der Waals surface area contributed by atoms with Crippen LogP contribution < -0.4 is 5.73 Å². The van der Waals surface area contributed by atoms with E-state index in [1.807, 2.05) is 0 Å². The Bertz CT molecular complexity index is 483. The molecule has 4 nitrogen and oxygen atoms in total. The van der Waals surface area contributed by atoms with Crippen molar-refractivity contribution in [2.45, 2.75) is 0 Å². The Kier molecular flexibility index (Phi) is 3.34. The lowest BCUT2D eigenvalue weighted by molar-refractivity contribution is -0.132. The summed E-state index contributed by atoms with van der Waals surface area (Å²) < 4.78 is 25.9. The first-order valence-corrected chi connectivity index (χ1v) is 4.13. The number of hydrogen-bond donors (Lipinski definition) is 2. The Balaban J connectivity index is 3.25. The Morgan fingerprint density at radius 2 is 1.94 bits per heavy atom. The van der Waals surface area contributed by atoms with Crippen LogP contribution in [-0.2, 0) is 4.79 Å². The van der Waals surface area contributed by atoms with Crippen LogP contribution in [0, 0.1) is 11.6 Å². The lowest BCUT2D eigenvalue weighted by atomic mass is 10.0. The van der Waals surface area contributed by atoms with E-state index < -0.39 is 34.5 Å². The highest BCUT2D eigenvalue weighted by Crippen LogP contribution is 2.15. The van der Waals surface area contributed by atoms with E-state index in [4.69, 9.17) is 10.8 Å². The summed E-state index contributed by atoms with van der Waals surface area (Å²) in [6.07, 6.45) is 0.537. The number of Topliss-reactive ketones (excluding diaryl/α,β-unsaturated/α-hetero) is 1. The zero-order valence-corrected chi connectivity index (χ0v) is 7.91. The largest absolute Gasteiger partial charge is 0.477 e. The number of carboxylic acid groups (broad SMARTS) is 1. The van der Waals surface area contributed by atoms with Gasteiger partial charge in [0.1, 0.15) is 5.57 Å². The van der Waals surface area contributed by atoms with Crippen molar-refractivity contribution >= 4 is 11.8 Å². The Hall–Kier alpha value is -2.24. The van der Waals surface area contributed by atoms with Crippen molar-refractivity contribution in [2.24, 2.45) is 5.73 Å². The maximum atomic E-state index is 13.2. The highest BCUT2D eigenvalue weighted by molar-refractivity contribution is 6.23. The fourth-order valence-corrected chi connectivity index (χ4v) is 1.07. The van der Waals surface area contributed by atoms with Gasteiger partial charge in [-0.05, 0) is 12.1 Å². The first-order chi connectivity index (χ1) is 7.49. The summed E-state index contributed by atoms with van der Waals surface area (Å²) in [5.74, 6) is -5.40. The smallest absolute Gasteiger partial charge is 0.341 e. The summed E-state index contributed by atoms with van der Waals surface area (Å²) in [6.45, 7) is 0. The summed E-state index contributed by atoms with van der Waals surface area (Å²) in [7, 11) is 0. The van der Waals surface area contributed by atoms with E-state index in [2.05, 4.69) is 0 Å². The summed E-state index contributed by atoms with van der Waals surface area (Å²) in [4.78, 5) is 22.0. The average Bonchev–Trinajstić information content (AvgIpc) is 2.22. The van der Waals surface area contributed by atoms with E-state index in [9.17, 15) is 18.4 Å². The number of nitrogens with two attached hydrogens (primary N) is 1. The maximum absolute atomic E-state index is 13.2. The maximum Gasteiger partial charge on any atom is 0.341 e. The number of ketones is 1. The summed E-state index contributed by atoms with van der Waals surface area (Å²) in [6, 6.07) is 2.90. The van der Waals surface area contributed by atoms with Gasteiger partial charge in [-0.2, -0.15) is 0 Å². The zero-order valence-electron chi connectivity index (χ0n) is 7.91. The molecule has 0 spiro atoms.